The minimum absolute atomic E-state index is 0.251. The summed E-state index contributed by atoms with van der Waals surface area (Å²) < 4.78 is 15.3. The zero-order chi connectivity index (χ0) is 18.6. The summed E-state index contributed by atoms with van der Waals surface area (Å²) in [6, 6.07) is 7.24. The third kappa shape index (κ3) is 3.68. The van der Waals surface area contributed by atoms with E-state index in [9.17, 15) is 9.59 Å². The van der Waals surface area contributed by atoms with Gasteiger partial charge in [-0.1, -0.05) is 12.1 Å². The summed E-state index contributed by atoms with van der Waals surface area (Å²) in [6.45, 7) is 5.57. The maximum Gasteiger partial charge on any atom is 0.336 e. The Morgan fingerprint density at radius 3 is 2.04 bits per heavy atom. The SMILES string of the molecule is CCOC(=O)C1=C(C)NC(C)=C(C(=O)OC)[C@@H]1c1ccc(OC)cc1. The number of allylic oxidation sites excluding steroid dienone is 2. The third-order valence-corrected chi connectivity index (χ3v) is 4.11. The first-order valence-corrected chi connectivity index (χ1v) is 8.02. The fourth-order valence-corrected chi connectivity index (χ4v) is 2.98. The smallest absolute Gasteiger partial charge is 0.336 e. The number of hydrogen-bond acceptors (Lipinski definition) is 6. The number of nitrogens with one attached hydrogen (secondary N) is 1. The summed E-state index contributed by atoms with van der Waals surface area (Å²) in [5, 5.41) is 3.09. The number of hydrogen-bond donors (Lipinski definition) is 1. The molecule has 134 valence electrons. The number of methoxy groups -OCH3 is 2. The number of ether oxygens (including phenoxy) is 3. The van der Waals surface area contributed by atoms with Gasteiger partial charge >= 0.3 is 11.9 Å². The minimum atomic E-state index is -0.571. The molecular weight excluding hydrogens is 322 g/mol. The third-order valence-electron chi connectivity index (χ3n) is 4.11. The summed E-state index contributed by atoms with van der Waals surface area (Å²) in [7, 11) is 2.90. The van der Waals surface area contributed by atoms with Gasteiger partial charge in [-0.05, 0) is 38.5 Å². The van der Waals surface area contributed by atoms with Gasteiger partial charge in [-0.3, -0.25) is 0 Å². The summed E-state index contributed by atoms with van der Waals surface area (Å²) >= 11 is 0. The fraction of sp³-hybridized carbons (Fsp3) is 0.368. The van der Waals surface area contributed by atoms with Crippen molar-refractivity contribution in [2.75, 3.05) is 20.8 Å². The van der Waals surface area contributed by atoms with Gasteiger partial charge in [-0.15, -0.1) is 0 Å². The van der Waals surface area contributed by atoms with Crippen LogP contribution in [0.4, 0.5) is 0 Å². The van der Waals surface area contributed by atoms with Crippen molar-refractivity contribution in [3.63, 3.8) is 0 Å². The molecule has 0 saturated carbocycles. The van der Waals surface area contributed by atoms with Gasteiger partial charge < -0.3 is 19.5 Å². The van der Waals surface area contributed by atoms with E-state index in [4.69, 9.17) is 14.2 Å². The monoisotopic (exact) mass is 345 g/mol. The van der Waals surface area contributed by atoms with Crippen LogP contribution in [0.5, 0.6) is 5.75 Å². The summed E-state index contributed by atoms with van der Waals surface area (Å²) in [4.78, 5) is 25.0. The van der Waals surface area contributed by atoms with Gasteiger partial charge in [0.05, 0.1) is 37.9 Å². The average molecular weight is 345 g/mol. The Morgan fingerprint density at radius 1 is 1.00 bits per heavy atom. The van der Waals surface area contributed by atoms with E-state index in [1.807, 2.05) is 12.1 Å². The molecule has 1 aromatic carbocycles. The van der Waals surface area contributed by atoms with Crippen molar-refractivity contribution >= 4 is 11.9 Å². The molecule has 0 amide bonds. The molecule has 25 heavy (non-hydrogen) atoms. The molecule has 0 aromatic heterocycles. The Labute approximate surface area is 147 Å². The molecular formula is C19H23NO5. The van der Waals surface area contributed by atoms with Crippen molar-refractivity contribution in [3.05, 3.63) is 52.4 Å². The molecule has 0 aliphatic carbocycles. The Bertz CT molecular complexity index is 731. The van der Waals surface area contributed by atoms with Crippen molar-refractivity contribution in [1.82, 2.24) is 5.32 Å². The predicted octanol–water partition coefficient (Wildman–Crippen LogP) is 2.67. The lowest BCUT2D eigenvalue weighted by Gasteiger charge is -2.30. The van der Waals surface area contributed by atoms with Crippen LogP contribution >= 0.6 is 0 Å². The van der Waals surface area contributed by atoms with E-state index in [1.165, 1.54) is 7.11 Å². The van der Waals surface area contributed by atoms with Crippen LogP contribution in [0.2, 0.25) is 0 Å². The van der Waals surface area contributed by atoms with Gasteiger partial charge in [0.15, 0.2) is 0 Å². The highest BCUT2D eigenvalue weighted by Crippen LogP contribution is 2.39. The van der Waals surface area contributed by atoms with Gasteiger partial charge in [-0.2, -0.15) is 0 Å². The fourth-order valence-electron chi connectivity index (χ4n) is 2.98. The van der Waals surface area contributed by atoms with Crippen LogP contribution in [0.1, 0.15) is 32.3 Å². The van der Waals surface area contributed by atoms with Crippen molar-refractivity contribution in [1.29, 1.82) is 0 Å². The van der Waals surface area contributed by atoms with Gasteiger partial charge in [0.1, 0.15) is 5.75 Å². The standard InChI is InChI=1S/C19H23NO5/c1-6-25-19(22)16-12(3)20-11(2)15(18(21)24-5)17(16)13-7-9-14(23-4)10-8-13/h7-10,17,20H,6H2,1-5H3/t17-/m0/s1. The van der Waals surface area contributed by atoms with Crippen LogP contribution in [0.3, 0.4) is 0 Å². The van der Waals surface area contributed by atoms with Gasteiger partial charge in [-0.25, -0.2) is 9.59 Å². The molecule has 6 heteroatoms. The van der Waals surface area contributed by atoms with Crippen LogP contribution in [0.25, 0.3) is 0 Å². The highest BCUT2D eigenvalue weighted by molar-refractivity contribution is 5.99. The van der Waals surface area contributed by atoms with Gasteiger partial charge in [0, 0.05) is 11.4 Å². The highest BCUT2D eigenvalue weighted by Gasteiger charge is 2.37. The summed E-state index contributed by atoms with van der Waals surface area (Å²) in [5.74, 6) is -0.822. The van der Waals surface area contributed by atoms with Crippen LogP contribution in [0.15, 0.2) is 46.8 Å². The lowest BCUT2D eigenvalue weighted by Crippen LogP contribution is -2.32. The second kappa shape index (κ2) is 7.88. The zero-order valence-electron chi connectivity index (χ0n) is 15.1. The molecule has 1 aliphatic rings. The second-order valence-electron chi connectivity index (χ2n) is 5.62. The van der Waals surface area contributed by atoms with Crippen LogP contribution < -0.4 is 10.1 Å². The summed E-state index contributed by atoms with van der Waals surface area (Å²) in [5.41, 5.74) is 2.88. The highest BCUT2D eigenvalue weighted by atomic mass is 16.5. The maximum absolute atomic E-state index is 12.6. The lowest BCUT2D eigenvalue weighted by molar-refractivity contribution is -0.139. The number of dihydropyridines is 1. The van der Waals surface area contributed by atoms with Crippen LogP contribution in [0, 0.1) is 0 Å². The number of rotatable bonds is 5. The molecule has 0 saturated heterocycles. The molecule has 0 radical (unpaired) electrons. The zero-order valence-corrected chi connectivity index (χ0v) is 15.1. The number of carbonyl (C=O) groups excluding carboxylic acids is 2. The Morgan fingerprint density at radius 2 is 1.56 bits per heavy atom. The normalized spacial score (nSPS) is 17.1. The maximum atomic E-state index is 12.6. The van der Waals surface area contributed by atoms with E-state index in [0.717, 1.165) is 5.56 Å². The number of benzene rings is 1. The minimum Gasteiger partial charge on any atom is -0.497 e. The molecule has 6 nitrogen and oxygen atoms in total. The average Bonchev–Trinajstić information content (AvgIpc) is 2.60. The largest absolute Gasteiger partial charge is 0.497 e. The van der Waals surface area contributed by atoms with Crippen molar-refractivity contribution in [2.24, 2.45) is 0 Å². The van der Waals surface area contributed by atoms with E-state index in [-0.39, 0.29) is 6.61 Å². The molecule has 0 unspecified atom stereocenters. The molecule has 2 rings (SSSR count). The summed E-state index contributed by atoms with van der Waals surface area (Å²) in [6.07, 6.45) is 0. The quantitative estimate of drug-likeness (QED) is 0.827. The second-order valence-corrected chi connectivity index (χ2v) is 5.62. The van der Waals surface area contributed by atoms with E-state index in [2.05, 4.69) is 5.32 Å². The first-order chi connectivity index (χ1) is 11.9. The number of esters is 2. The molecule has 0 bridgehead atoms. The molecule has 0 fully saturated rings. The topological polar surface area (TPSA) is 73.9 Å². The van der Waals surface area contributed by atoms with E-state index in [1.54, 1.807) is 40.0 Å². The van der Waals surface area contributed by atoms with Crippen molar-refractivity contribution < 1.29 is 23.8 Å². The first kappa shape index (κ1) is 18.6. The lowest BCUT2D eigenvalue weighted by atomic mass is 9.80. The Balaban J connectivity index is 2.62. The predicted molar refractivity (Wildman–Crippen MR) is 92.9 cm³/mol. The van der Waals surface area contributed by atoms with E-state index >= 15 is 0 Å². The van der Waals surface area contributed by atoms with Crippen LogP contribution in [-0.2, 0) is 19.1 Å². The molecule has 1 atom stereocenters. The Hall–Kier alpha value is -2.76. The molecule has 1 aromatic rings. The van der Waals surface area contributed by atoms with Crippen molar-refractivity contribution in [3.8, 4) is 5.75 Å². The van der Waals surface area contributed by atoms with Gasteiger partial charge in [0.25, 0.3) is 0 Å². The molecule has 1 heterocycles. The number of carbonyl (C=O) groups is 2. The molecule has 0 spiro atoms. The van der Waals surface area contributed by atoms with E-state index < -0.39 is 17.9 Å². The van der Waals surface area contributed by atoms with Gasteiger partial charge in [0.2, 0.25) is 0 Å². The van der Waals surface area contributed by atoms with Crippen molar-refractivity contribution in [2.45, 2.75) is 26.7 Å². The molecule has 1 aliphatic heterocycles. The van der Waals surface area contributed by atoms with E-state index in [0.29, 0.717) is 28.3 Å². The first-order valence-electron chi connectivity index (χ1n) is 8.02. The Kier molecular flexibility index (Phi) is 5.85. The molecule has 1 N–H and O–H groups in total. The van der Waals surface area contributed by atoms with Crippen LogP contribution in [-0.4, -0.2) is 32.8 Å².